The third-order valence-electron chi connectivity index (χ3n) is 5.13. The van der Waals surface area contributed by atoms with E-state index in [0.29, 0.717) is 5.92 Å². The lowest BCUT2D eigenvalue weighted by molar-refractivity contribution is -0.125. The quantitative estimate of drug-likeness (QED) is 0.808. The summed E-state index contributed by atoms with van der Waals surface area (Å²) >= 11 is 0. The Kier molecular flexibility index (Phi) is 4.85. The van der Waals surface area contributed by atoms with Crippen LogP contribution in [0.25, 0.3) is 0 Å². The van der Waals surface area contributed by atoms with Crippen LogP contribution in [0, 0.1) is 5.92 Å². The van der Waals surface area contributed by atoms with E-state index in [-0.39, 0.29) is 17.5 Å². The van der Waals surface area contributed by atoms with Crippen LogP contribution in [-0.2, 0) is 4.79 Å². The highest BCUT2D eigenvalue weighted by atomic mass is 16.2. The van der Waals surface area contributed by atoms with E-state index in [2.05, 4.69) is 36.6 Å². The van der Waals surface area contributed by atoms with E-state index in [1.54, 1.807) is 0 Å². The van der Waals surface area contributed by atoms with Gasteiger partial charge < -0.3 is 15.5 Å². The minimum Gasteiger partial charge on any atom is -0.353 e. The lowest BCUT2D eigenvalue weighted by atomic mass is 9.91. The molecule has 2 rings (SSSR count). The molecule has 0 aromatic heterocycles. The third kappa shape index (κ3) is 3.29. The summed E-state index contributed by atoms with van der Waals surface area (Å²) in [5.41, 5.74) is 0.188. The van der Waals surface area contributed by atoms with Crippen molar-refractivity contribution in [2.75, 3.05) is 27.2 Å². The Morgan fingerprint density at radius 3 is 2.58 bits per heavy atom. The minimum atomic E-state index is 0.00867. The van der Waals surface area contributed by atoms with E-state index in [4.69, 9.17) is 0 Å². The van der Waals surface area contributed by atoms with Crippen molar-refractivity contribution < 1.29 is 4.79 Å². The highest BCUT2D eigenvalue weighted by Gasteiger charge is 2.37. The number of amides is 1. The van der Waals surface area contributed by atoms with Gasteiger partial charge in [-0.2, -0.15) is 0 Å². The Morgan fingerprint density at radius 2 is 2.00 bits per heavy atom. The van der Waals surface area contributed by atoms with Gasteiger partial charge in [-0.15, -0.1) is 0 Å². The Hall–Kier alpha value is -0.610. The van der Waals surface area contributed by atoms with E-state index in [9.17, 15) is 4.79 Å². The van der Waals surface area contributed by atoms with Crippen molar-refractivity contribution in [1.29, 1.82) is 0 Å². The molecule has 1 heterocycles. The normalized spacial score (nSPS) is 30.5. The molecule has 110 valence electrons. The fourth-order valence-electron chi connectivity index (χ4n) is 3.58. The van der Waals surface area contributed by atoms with Crippen LogP contribution in [-0.4, -0.2) is 49.6 Å². The first-order valence-electron chi connectivity index (χ1n) is 7.74. The number of nitrogens with one attached hydrogen (secondary N) is 2. The van der Waals surface area contributed by atoms with Gasteiger partial charge in [0.2, 0.25) is 5.91 Å². The number of nitrogens with zero attached hydrogens (tertiary/aromatic N) is 1. The summed E-state index contributed by atoms with van der Waals surface area (Å²) in [6.45, 7) is 3.94. The van der Waals surface area contributed by atoms with Crippen molar-refractivity contribution >= 4 is 5.91 Å². The molecule has 0 aromatic rings. The molecule has 0 radical (unpaired) electrons. The van der Waals surface area contributed by atoms with Gasteiger partial charge in [0, 0.05) is 12.1 Å². The van der Waals surface area contributed by atoms with Gasteiger partial charge in [0.25, 0.3) is 0 Å². The van der Waals surface area contributed by atoms with Crippen LogP contribution >= 0.6 is 0 Å². The van der Waals surface area contributed by atoms with Gasteiger partial charge >= 0.3 is 0 Å². The van der Waals surface area contributed by atoms with E-state index in [0.717, 1.165) is 19.5 Å². The number of piperidine rings is 1. The zero-order valence-corrected chi connectivity index (χ0v) is 12.7. The van der Waals surface area contributed by atoms with Crippen LogP contribution in [0.3, 0.4) is 0 Å². The summed E-state index contributed by atoms with van der Waals surface area (Å²) in [5.74, 6) is 0.646. The van der Waals surface area contributed by atoms with Gasteiger partial charge in [0.1, 0.15) is 0 Å². The van der Waals surface area contributed by atoms with Gasteiger partial charge in [-0.1, -0.05) is 19.8 Å². The summed E-state index contributed by atoms with van der Waals surface area (Å²) in [6.07, 6.45) is 7.32. The molecule has 2 fully saturated rings. The molecule has 1 aliphatic heterocycles. The second kappa shape index (κ2) is 6.23. The Morgan fingerprint density at radius 1 is 1.32 bits per heavy atom. The molecule has 4 heteroatoms. The summed E-state index contributed by atoms with van der Waals surface area (Å²) in [6, 6.07) is 0.00867. The molecule has 19 heavy (non-hydrogen) atoms. The maximum absolute atomic E-state index is 12.3. The molecule has 1 aliphatic carbocycles. The van der Waals surface area contributed by atoms with Crippen LogP contribution < -0.4 is 10.6 Å². The molecule has 2 aliphatic rings. The predicted molar refractivity (Wildman–Crippen MR) is 78.1 cm³/mol. The lowest BCUT2D eigenvalue weighted by Gasteiger charge is -2.37. The maximum atomic E-state index is 12.3. The minimum absolute atomic E-state index is 0.00867. The number of likely N-dealkylation sites (N-methyl/N-ethyl adjacent to an activating group) is 1. The molecule has 0 bridgehead atoms. The molecule has 2 N–H and O–H groups in total. The van der Waals surface area contributed by atoms with Crippen LogP contribution in [0.15, 0.2) is 0 Å². The van der Waals surface area contributed by atoms with Gasteiger partial charge in [-0.05, 0) is 52.2 Å². The first-order valence-corrected chi connectivity index (χ1v) is 7.74. The van der Waals surface area contributed by atoms with Crippen molar-refractivity contribution in [3.63, 3.8) is 0 Å². The van der Waals surface area contributed by atoms with Gasteiger partial charge in [-0.25, -0.2) is 0 Å². The zero-order valence-electron chi connectivity index (χ0n) is 12.7. The van der Waals surface area contributed by atoms with Crippen molar-refractivity contribution in [2.24, 2.45) is 5.92 Å². The van der Waals surface area contributed by atoms with Gasteiger partial charge in [-0.3, -0.25) is 4.79 Å². The SMILES string of the molecule is CC1CCCNC1C(=O)NCC1(N(C)C)CCCC1. The van der Waals surface area contributed by atoms with Gasteiger partial charge in [0.15, 0.2) is 0 Å². The van der Waals surface area contributed by atoms with E-state index >= 15 is 0 Å². The molecule has 2 atom stereocenters. The smallest absolute Gasteiger partial charge is 0.237 e. The monoisotopic (exact) mass is 267 g/mol. The average molecular weight is 267 g/mol. The second-order valence-electron chi connectivity index (χ2n) is 6.59. The summed E-state index contributed by atoms with van der Waals surface area (Å²) < 4.78 is 0. The number of hydrogen-bond acceptors (Lipinski definition) is 3. The first-order chi connectivity index (χ1) is 9.05. The number of carbonyl (C=O) groups is 1. The van der Waals surface area contributed by atoms with Crippen LogP contribution in [0.2, 0.25) is 0 Å². The first kappa shape index (κ1) is 14.8. The fourth-order valence-corrected chi connectivity index (χ4v) is 3.58. The zero-order chi connectivity index (χ0) is 13.9. The Bertz CT molecular complexity index is 311. The molecule has 4 nitrogen and oxygen atoms in total. The molecule has 0 aromatic carbocycles. The van der Waals surface area contributed by atoms with Crippen molar-refractivity contribution in [3.8, 4) is 0 Å². The summed E-state index contributed by atoms with van der Waals surface area (Å²) in [4.78, 5) is 14.6. The van der Waals surface area contributed by atoms with Crippen molar-refractivity contribution in [1.82, 2.24) is 15.5 Å². The van der Waals surface area contributed by atoms with Gasteiger partial charge in [0.05, 0.1) is 6.04 Å². The molecular weight excluding hydrogens is 238 g/mol. The van der Waals surface area contributed by atoms with E-state index in [1.165, 1.54) is 32.1 Å². The van der Waals surface area contributed by atoms with Crippen molar-refractivity contribution in [2.45, 2.75) is 57.0 Å². The van der Waals surface area contributed by atoms with E-state index in [1.807, 2.05) is 0 Å². The molecule has 1 amide bonds. The largest absolute Gasteiger partial charge is 0.353 e. The standard InChI is InChI=1S/C15H29N3O/c1-12-7-6-10-16-13(12)14(19)17-11-15(18(2)3)8-4-5-9-15/h12-13,16H,4-11H2,1-3H3,(H,17,19). The summed E-state index contributed by atoms with van der Waals surface area (Å²) in [5, 5.41) is 6.56. The highest BCUT2D eigenvalue weighted by molar-refractivity contribution is 5.82. The third-order valence-corrected chi connectivity index (χ3v) is 5.13. The van der Waals surface area contributed by atoms with Crippen LogP contribution in [0.1, 0.15) is 45.4 Å². The van der Waals surface area contributed by atoms with Crippen LogP contribution in [0.4, 0.5) is 0 Å². The number of hydrogen-bond donors (Lipinski definition) is 2. The molecule has 0 spiro atoms. The van der Waals surface area contributed by atoms with Crippen LogP contribution in [0.5, 0.6) is 0 Å². The Balaban J connectivity index is 1.88. The Labute approximate surface area is 117 Å². The number of carbonyl (C=O) groups excluding carboxylic acids is 1. The maximum Gasteiger partial charge on any atom is 0.237 e. The second-order valence-corrected chi connectivity index (χ2v) is 6.59. The fraction of sp³-hybridized carbons (Fsp3) is 0.933. The number of rotatable bonds is 4. The molecule has 2 unspecified atom stereocenters. The summed E-state index contributed by atoms with van der Waals surface area (Å²) in [7, 11) is 4.28. The molecule has 1 saturated carbocycles. The molecule has 1 saturated heterocycles. The average Bonchev–Trinajstić information content (AvgIpc) is 2.86. The topological polar surface area (TPSA) is 44.4 Å². The molecular formula is C15H29N3O. The van der Waals surface area contributed by atoms with E-state index < -0.39 is 0 Å². The highest BCUT2D eigenvalue weighted by Crippen LogP contribution is 2.33. The van der Waals surface area contributed by atoms with Crippen molar-refractivity contribution in [3.05, 3.63) is 0 Å². The lowest BCUT2D eigenvalue weighted by Crippen LogP contribution is -2.56. The predicted octanol–water partition coefficient (Wildman–Crippen LogP) is 1.37.